The van der Waals surface area contributed by atoms with E-state index in [2.05, 4.69) is 83.5 Å². The molecule has 5 rings (SSSR count). The molecule has 0 saturated heterocycles. The van der Waals surface area contributed by atoms with Gasteiger partial charge in [-0.3, -0.25) is 4.57 Å². The Morgan fingerprint density at radius 1 is 0.875 bits per heavy atom. The van der Waals surface area contributed by atoms with E-state index in [1.165, 1.54) is 11.1 Å². The molecule has 0 amide bonds. The average molecular weight is 311 g/mol. The Labute approximate surface area is 140 Å². The number of rotatable bonds is 1. The minimum absolute atomic E-state index is 0.0444. The molecule has 3 nitrogen and oxygen atoms in total. The smallest absolute Gasteiger partial charge is 0.145 e. The molecular weight excluding hydrogens is 294 g/mol. The summed E-state index contributed by atoms with van der Waals surface area (Å²) in [5.41, 5.74) is 6.97. The highest BCUT2D eigenvalue weighted by Crippen LogP contribution is 2.40. The minimum atomic E-state index is 0.0444. The van der Waals surface area contributed by atoms with E-state index in [0.717, 1.165) is 28.1 Å². The van der Waals surface area contributed by atoms with Crippen LogP contribution in [0.25, 0.3) is 22.4 Å². The van der Waals surface area contributed by atoms with Crippen LogP contribution in [-0.4, -0.2) is 9.55 Å². The van der Waals surface area contributed by atoms with Crippen molar-refractivity contribution in [2.45, 2.75) is 13.1 Å². The summed E-state index contributed by atoms with van der Waals surface area (Å²) < 4.78 is 2.31. The number of para-hydroxylation sites is 3. The third-order valence-electron chi connectivity index (χ3n) is 4.71. The molecule has 116 valence electrons. The summed E-state index contributed by atoms with van der Waals surface area (Å²) in [6, 6.07) is 25.4. The molecule has 1 N–H and O–H groups in total. The third-order valence-corrected chi connectivity index (χ3v) is 4.71. The lowest BCUT2D eigenvalue weighted by molar-refractivity contribution is 0.669. The first-order valence-corrected chi connectivity index (χ1v) is 8.21. The second-order valence-corrected chi connectivity index (χ2v) is 6.30. The van der Waals surface area contributed by atoms with Gasteiger partial charge in [-0.2, -0.15) is 0 Å². The second-order valence-electron chi connectivity index (χ2n) is 6.30. The second kappa shape index (κ2) is 4.96. The van der Waals surface area contributed by atoms with Crippen LogP contribution in [0.2, 0.25) is 0 Å². The summed E-state index contributed by atoms with van der Waals surface area (Å²) in [6.45, 7) is 2.12. The molecule has 3 aromatic carbocycles. The zero-order valence-electron chi connectivity index (χ0n) is 13.4. The van der Waals surface area contributed by atoms with Gasteiger partial charge in [-0.25, -0.2) is 4.98 Å². The van der Waals surface area contributed by atoms with Crippen LogP contribution in [0, 0.1) is 6.92 Å². The lowest BCUT2D eigenvalue weighted by Gasteiger charge is -2.30. The summed E-state index contributed by atoms with van der Waals surface area (Å²) in [6.07, 6.45) is 0.0444. The van der Waals surface area contributed by atoms with Crippen molar-refractivity contribution in [3.8, 4) is 11.4 Å². The largest absolute Gasteiger partial charge is 0.361 e. The third kappa shape index (κ3) is 1.88. The van der Waals surface area contributed by atoms with Gasteiger partial charge in [0.05, 0.1) is 11.0 Å². The number of nitrogens with one attached hydrogen (secondary N) is 1. The van der Waals surface area contributed by atoms with E-state index in [4.69, 9.17) is 4.98 Å². The number of aromatic nitrogens is 2. The van der Waals surface area contributed by atoms with E-state index in [1.54, 1.807) is 0 Å². The fourth-order valence-corrected chi connectivity index (χ4v) is 3.49. The number of fused-ring (bicyclic) bond motifs is 5. The molecule has 0 saturated carbocycles. The number of nitrogens with zero attached hydrogens (tertiary/aromatic N) is 2. The topological polar surface area (TPSA) is 29.9 Å². The number of anilines is 1. The first-order chi connectivity index (χ1) is 11.8. The highest BCUT2D eigenvalue weighted by molar-refractivity contribution is 5.86. The SMILES string of the molecule is Cc1ccc(C2Nc3ccccc3-c3nc4ccccc4n32)cc1. The Bertz CT molecular complexity index is 1040. The molecule has 1 aliphatic heterocycles. The van der Waals surface area contributed by atoms with Gasteiger partial charge in [0, 0.05) is 11.3 Å². The lowest BCUT2D eigenvalue weighted by atomic mass is 10.0. The molecular formula is C21H17N3. The number of hydrogen-bond acceptors (Lipinski definition) is 2. The van der Waals surface area contributed by atoms with Crippen molar-refractivity contribution >= 4 is 16.7 Å². The average Bonchev–Trinajstić information content (AvgIpc) is 3.02. The van der Waals surface area contributed by atoms with Gasteiger partial charge in [0.1, 0.15) is 12.0 Å². The zero-order chi connectivity index (χ0) is 16.1. The summed E-state index contributed by atoms with van der Waals surface area (Å²) in [5.74, 6) is 1.02. The first kappa shape index (κ1) is 13.4. The van der Waals surface area contributed by atoms with Gasteiger partial charge < -0.3 is 5.32 Å². The number of benzene rings is 3. The fraction of sp³-hybridized carbons (Fsp3) is 0.0952. The minimum Gasteiger partial charge on any atom is -0.361 e. The number of hydrogen-bond donors (Lipinski definition) is 1. The van der Waals surface area contributed by atoms with Crippen LogP contribution in [0.4, 0.5) is 5.69 Å². The zero-order valence-corrected chi connectivity index (χ0v) is 13.4. The maximum Gasteiger partial charge on any atom is 0.145 e. The molecule has 0 radical (unpaired) electrons. The Morgan fingerprint density at radius 3 is 2.50 bits per heavy atom. The van der Waals surface area contributed by atoms with E-state index in [0.29, 0.717) is 0 Å². The van der Waals surface area contributed by atoms with E-state index >= 15 is 0 Å². The van der Waals surface area contributed by atoms with Crippen LogP contribution in [-0.2, 0) is 0 Å². The molecule has 2 heterocycles. The van der Waals surface area contributed by atoms with E-state index in [-0.39, 0.29) is 6.17 Å². The summed E-state index contributed by atoms with van der Waals surface area (Å²) in [4.78, 5) is 4.91. The van der Waals surface area contributed by atoms with Gasteiger partial charge in [0.2, 0.25) is 0 Å². The Hall–Kier alpha value is -3.07. The molecule has 1 unspecified atom stereocenters. The van der Waals surface area contributed by atoms with Gasteiger partial charge >= 0.3 is 0 Å². The van der Waals surface area contributed by atoms with Gasteiger partial charge in [-0.15, -0.1) is 0 Å². The molecule has 0 aliphatic carbocycles. The predicted octanol–water partition coefficient (Wildman–Crippen LogP) is 4.98. The van der Waals surface area contributed by atoms with Crippen molar-refractivity contribution < 1.29 is 0 Å². The van der Waals surface area contributed by atoms with Gasteiger partial charge in [0.25, 0.3) is 0 Å². The molecule has 3 heteroatoms. The quantitative estimate of drug-likeness (QED) is 0.537. The molecule has 24 heavy (non-hydrogen) atoms. The molecule has 1 aliphatic rings. The first-order valence-electron chi connectivity index (χ1n) is 8.21. The molecule has 1 atom stereocenters. The lowest BCUT2D eigenvalue weighted by Crippen LogP contribution is -2.24. The van der Waals surface area contributed by atoms with Crippen LogP contribution in [0.1, 0.15) is 17.3 Å². The summed E-state index contributed by atoms with van der Waals surface area (Å²) in [7, 11) is 0. The molecule has 1 aromatic heterocycles. The van der Waals surface area contributed by atoms with E-state index in [9.17, 15) is 0 Å². The van der Waals surface area contributed by atoms with Crippen LogP contribution in [0.5, 0.6) is 0 Å². The molecule has 0 fully saturated rings. The molecule has 0 bridgehead atoms. The van der Waals surface area contributed by atoms with Crippen molar-refractivity contribution in [1.29, 1.82) is 0 Å². The number of aryl methyl sites for hydroxylation is 1. The summed E-state index contributed by atoms with van der Waals surface area (Å²) >= 11 is 0. The van der Waals surface area contributed by atoms with Crippen molar-refractivity contribution in [3.63, 3.8) is 0 Å². The highest BCUT2D eigenvalue weighted by atomic mass is 15.2. The van der Waals surface area contributed by atoms with E-state index < -0.39 is 0 Å². The van der Waals surface area contributed by atoms with Crippen LogP contribution >= 0.6 is 0 Å². The number of imidazole rings is 1. The maximum absolute atomic E-state index is 4.91. The standard InChI is InChI=1S/C21H17N3/c1-14-10-12-15(13-11-14)20-22-17-7-3-2-6-16(17)21-23-18-8-4-5-9-19(18)24(20)21/h2-13,20,22H,1H3. The fourth-order valence-electron chi connectivity index (χ4n) is 3.49. The monoisotopic (exact) mass is 311 g/mol. The van der Waals surface area contributed by atoms with Crippen LogP contribution < -0.4 is 5.32 Å². The molecule has 0 spiro atoms. The summed E-state index contributed by atoms with van der Waals surface area (Å²) in [5, 5.41) is 3.69. The Balaban J connectivity index is 1.81. The van der Waals surface area contributed by atoms with Crippen molar-refractivity contribution in [3.05, 3.63) is 83.9 Å². The van der Waals surface area contributed by atoms with Crippen molar-refractivity contribution in [2.24, 2.45) is 0 Å². The van der Waals surface area contributed by atoms with E-state index in [1.807, 2.05) is 6.07 Å². The Morgan fingerprint density at radius 2 is 1.62 bits per heavy atom. The predicted molar refractivity (Wildman–Crippen MR) is 98.1 cm³/mol. The van der Waals surface area contributed by atoms with Gasteiger partial charge in [-0.1, -0.05) is 54.1 Å². The van der Waals surface area contributed by atoms with Gasteiger partial charge in [-0.05, 0) is 36.8 Å². The Kier molecular flexibility index (Phi) is 2.77. The molecule has 4 aromatic rings. The maximum atomic E-state index is 4.91. The van der Waals surface area contributed by atoms with Crippen LogP contribution in [0.3, 0.4) is 0 Å². The van der Waals surface area contributed by atoms with Crippen molar-refractivity contribution in [1.82, 2.24) is 9.55 Å². The van der Waals surface area contributed by atoms with Crippen molar-refractivity contribution in [2.75, 3.05) is 5.32 Å². The van der Waals surface area contributed by atoms with Crippen LogP contribution in [0.15, 0.2) is 72.8 Å². The van der Waals surface area contributed by atoms with Gasteiger partial charge in [0.15, 0.2) is 0 Å². The normalized spacial score (nSPS) is 15.6. The highest BCUT2D eigenvalue weighted by Gasteiger charge is 2.27.